The van der Waals surface area contributed by atoms with Gasteiger partial charge in [-0.05, 0) is 34.1 Å². The van der Waals surface area contributed by atoms with E-state index in [4.69, 9.17) is 0 Å². The number of benzene rings is 1. The first-order valence-electron chi connectivity index (χ1n) is 9.43. The molecule has 6 heteroatoms. The Morgan fingerprint density at radius 1 is 0.963 bits per heavy atom. The molecule has 0 bridgehead atoms. The van der Waals surface area contributed by atoms with E-state index in [1.807, 2.05) is 12.1 Å². The van der Waals surface area contributed by atoms with Crippen LogP contribution in [-0.4, -0.2) is 53.3 Å². The van der Waals surface area contributed by atoms with Crippen molar-refractivity contribution in [2.45, 2.75) is 58.4 Å². The topological polar surface area (TPSA) is 69.7 Å². The predicted molar refractivity (Wildman–Crippen MR) is 104 cm³/mol. The summed E-state index contributed by atoms with van der Waals surface area (Å²) < 4.78 is 0. The van der Waals surface area contributed by atoms with Crippen LogP contribution in [0.4, 0.5) is 4.79 Å². The Kier molecular flexibility index (Phi) is 4.57. The van der Waals surface area contributed by atoms with Crippen LogP contribution < -0.4 is 5.32 Å². The fourth-order valence-corrected chi connectivity index (χ4v) is 3.39. The molecule has 0 radical (unpaired) electrons. The van der Waals surface area contributed by atoms with Crippen LogP contribution in [0.15, 0.2) is 18.2 Å². The highest BCUT2D eigenvalue weighted by Crippen LogP contribution is 2.31. The monoisotopic (exact) mass is 371 g/mol. The van der Waals surface area contributed by atoms with Gasteiger partial charge in [-0.15, -0.1) is 0 Å². The van der Waals surface area contributed by atoms with E-state index in [2.05, 4.69) is 52.9 Å². The molecule has 0 aliphatic carbocycles. The number of amides is 4. The number of hydrogen-bond donors (Lipinski definition) is 1. The third-order valence-electron chi connectivity index (χ3n) is 5.30. The number of likely N-dealkylation sites (tertiary alicyclic amines) is 1. The standard InChI is InChI=1S/C21H29N3O3/c1-20(2,3)14-7-13(8-15(9-14)21(4,5)6)18(26)23-11-16(12-23)24-17(25)10-22-19(24)27/h7-9,16H,10-12H2,1-6H3,(H,22,27). The maximum Gasteiger partial charge on any atom is 0.324 e. The summed E-state index contributed by atoms with van der Waals surface area (Å²) in [6.45, 7) is 13.7. The van der Waals surface area contributed by atoms with Crippen molar-refractivity contribution in [2.24, 2.45) is 0 Å². The summed E-state index contributed by atoms with van der Waals surface area (Å²) in [5.74, 6) is -0.267. The van der Waals surface area contributed by atoms with Gasteiger partial charge in [-0.3, -0.25) is 14.5 Å². The molecule has 0 spiro atoms. The lowest BCUT2D eigenvalue weighted by Crippen LogP contribution is -2.62. The molecule has 0 aromatic heterocycles. The molecular weight excluding hydrogens is 342 g/mol. The zero-order chi connectivity index (χ0) is 20.1. The average molecular weight is 371 g/mol. The molecule has 2 saturated heterocycles. The number of carbonyl (C=O) groups is 3. The zero-order valence-corrected chi connectivity index (χ0v) is 17.0. The Bertz CT molecular complexity index is 748. The molecule has 3 rings (SSSR count). The number of hydrogen-bond acceptors (Lipinski definition) is 3. The Labute approximate surface area is 160 Å². The van der Waals surface area contributed by atoms with Crippen molar-refractivity contribution in [1.29, 1.82) is 0 Å². The van der Waals surface area contributed by atoms with Crippen LogP contribution in [0.5, 0.6) is 0 Å². The summed E-state index contributed by atoms with van der Waals surface area (Å²) in [6.07, 6.45) is 0. The molecule has 2 fully saturated rings. The molecule has 2 aliphatic heterocycles. The van der Waals surface area contributed by atoms with E-state index in [0.29, 0.717) is 18.7 Å². The fourth-order valence-electron chi connectivity index (χ4n) is 3.39. The van der Waals surface area contributed by atoms with Crippen molar-refractivity contribution in [2.75, 3.05) is 19.6 Å². The molecule has 6 nitrogen and oxygen atoms in total. The molecule has 1 N–H and O–H groups in total. The minimum Gasteiger partial charge on any atom is -0.334 e. The molecule has 4 amide bonds. The summed E-state index contributed by atoms with van der Waals surface area (Å²) in [7, 11) is 0. The van der Waals surface area contributed by atoms with Crippen LogP contribution in [0.25, 0.3) is 0 Å². The highest BCUT2D eigenvalue weighted by atomic mass is 16.2. The first kappa shape index (κ1) is 19.4. The quantitative estimate of drug-likeness (QED) is 0.813. The van der Waals surface area contributed by atoms with Gasteiger partial charge in [0.2, 0.25) is 5.91 Å². The Hall–Kier alpha value is -2.37. The van der Waals surface area contributed by atoms with E-state index in [0.717, 1.165) is 11.1 Å². The number of imide groups is 1. The second kappa shape index (κ2) is 6.36. The van der Waals surface area contributed by atoms with Gasteiger partial charge in [-0.2, -0.15) is 0 Å². The molecule has 27 heavy (non-hydrogen) atoms. The number of rotatable bonds is 2. The summed E-state index contributed by atoms with van der Waals surface area (Å²) >= 11 is 0. The summed E-state index contributed by atoms with van der Waals surface area (Å²) in [4.78, 5) is 39.6. The van der Waals surface area contributed by atoms with Gasteiger partial charge in [-0.1, -0.05) is 47.6 Å². The lowest BCUT2D eigenvalue weighted by atomic mass is 9.79. The minimum atomic E-state index is -0.359. The van der Waals surface area contributed by atoms with E-state index < -0.39 is 0 Å². The number of nitrogens with one attached hydrogen (secondary N) is 1. The van der Waals surface area contributed by atoms with Gasteiger partial charge < -0.3 is 10.2 Å². The van der Waals surface area contributed by atoms with E-state index in [9.17, 15) is 14.4 Å². The maximum atomic E-state index is 13.0. The van der Waals surface area contributed by atoms with Crippen LogP contribution in [0.1, 0.15) is 63.0 Å². The van der Waals surface area contributed by atoms with Crippen molar-refractivity contribution in [3.8, 4) is 0 Å². The minimum absolute atomic E-state index is 0.0464. The van der Waals surface area contributed by atoms with Crippen molar-refractivity contribution >= 4 is 17.8 Å². The smallest absolute Gasteiger partial charge is 0.324 e. The maximum absolute atomic E-state index is 13.0. The van der Waals surface area contributed by atoms with Crippen molar-refractivity contribution in [1.82, 2.24) is 15.1 Å². The molecule has 2 heterocycles. The fraction of sp³-hybridized carbons (Fsp3) is 0.571. The number of nitrogens with zero attached hydrogens (tertiary/aromatic N) is 2. The van der Waals surface area contributed by atoms with Gasteiger partial charge in [-0.25, -0.2) is 4.79 Å². The molecule has 2 aliphatic rings. The third kappa shape index (κ3) is 3.70. The number of urea groups is 1. The largest absolute Gasteiger partial charge is 0.334 e. The van der Waals surface area contributed by atoms with Crippen molar-refractivity contribution < 1.29 is 14.4 Å². The molecule has 1 aromatic carbocycles. The van der Waals surface area contributed by atoms with Gasteiger partial charge in [0.15, 0.2) is 0 Å². The molecule has 146 valence electrons. The highest BCUT2D eigenvalue weighted by molar-refractivity contribution is 6.03. The predicted octanol–water partition coefficient (Wildman–Crippen LogP) is 2.66. The SMILES string of the molecule is CC(C)(C)c1cc(C(=O)N2CC(N3C(=O)CNC3=O)C2)cc(C(C)(C)C)c1. The third-order valence-corrected chi connectivity index (χ3v) is 5.30. The summed E-state index contributed by atoms with van der Waals surface area (Å²) in [5, 5.41) is 2.53. The lowest BCUT2D eigenvalue weighted by Gasteiger charge is -2.42. The van der Waals surface area contributed by atoms with Gasteiger partial charge in [0.05, 0.1) is 12.6 Å². The van der Waals surface area contributed by atoms with E-state index in [-0.39, 0.29) is 41.3 Å². The van der Waals surface area contributed by atoms with E-state index in [1.54, 1.807) is 4.90 Å². The second-order valence-electron chi connectivity index (χ2n) is 9.59. The normalized spacial score (nSPS) is 18.6. The second-order valence-corrected chi connectivity index (χ2v) is 9.59. The van der Waals surface area contributed by atoms with Crippen LogP contribution >= 0.6 is 0 Å². The first-order valence-corrected chi connectivity index (χ1v) is 9.43. The highest BCUT2D eigenvalue weighted by Gasteiger charge is 2.43. The molecular formula is C21H29N3O3. The number of carbonyl (C=O) groups excluding carboxylic acids is 3. The van der Waals surface area contributed by atoms with Gasteiger partial charge in [0.1, 0.15) is 0 Å². The Morgan fingerprint density at radius 3 is 1.89 bits per heavy atom. The summed E-state index contributed by atoms with van der Waals surface area (Å²) in [6, 6.07) is 5.54. The Balaban J connectivity index is 1.81. The van der Waals surface area contributed by atoms with Gasteiger partial charge in [0, 0.05) is 18.7 Å². The van der Waals surface area contributed by atoms with Crippen molar-refractivity contribution in [3.05, 3.63) is 34.9 Å². The Morgan fingerprint density at radius 2 is 1.48 bits per heavy atom. The zero-order valence-electron chi connectivity index (χ0n) is 17.0. The molecule has 1 aromatic rings. The first-order chi connectivity index (χ1) is 12.4. The lowest BCUT2D eigenvalue weighted by molar-refractivity contribution is -0.128. The van der Waals surface area contributed by atoms with E-state index >= 15 is 0 Å². The van der Waals surface area contributed by atoms with Gasteiger partial charge >= 0.3 is 6.03 Å². The molecule has 0 atom stereocenters. The average Bonchev–Trinajstić information content (AvgIpc) is 2.83. The van der Waals surface area contributed by atoms with Crippen LogP contribution in [0, 0.1) is 0 Å². The van der Waals surface area contributed by atoms with E-state index in [1.165, 1.54) is 4.90 Å². The molecule has 0 unspecified atom stereocenters. The van der Waals surface area contributed by atoms with Crippen LogP contribution in [0.2, 0.25) is 0 Å². The molecule has 0 saturated carbocycles. The van der Waals surface area contributed by atoms with Crippen LogP contribution in [-0.2, 0) is 15.6 Å². The van der Waals surface area contributed by atoms with Gasteiger partial charge in [0.25, 0.3) is 5.91 Å². The summed E-state index contributed by atoms with van der Waals surface area (Å²) in [5.41, 5.74) is 2.80. The van der Waals surface area contributed by atoms with Crippen molar-refractivity contribution in [3.63, 3.8) is 0 Å². The van der Waals surface area contributed by atoms with Crippen LogP contribution in [0.3, 0.4) is 0 Å².